The Morgan fingerprint density at radius 2 is 1.52 bits per heavy atom. The molecule has 21 heavy (non-hydrogen) atoms. The van der Waals surface area contributed by atoms with Crippen molar-refractivity contribution in [1.29, 1.82) is 0 Å². The first-order valence-electron chi connectivity index (χ1n) is 7.70. The minimum atomic E-state index is 0.133. The van der Waals surface area contributed by atoms with Gasteiger partial charge >= 0.3 is 0 Å². The highest BCUT2D eigenvalue weighted by atomic mass is 32.2. The van der Waals surface area contributed by atoms with E-state index in [-0.39, 0.29) is 6.04 Å². The van der Waals surface area contributed by atoms with Crippen LogP contribution in [0, 0.1) is 0 Å². The molecule has 0 heterocycles. The highest BCUT2D eigenvalue weighted by Crippen LogP contribution is 2.36. The monoisotopic (exact) mass is 299 g/mol. The third kappa shape index (κ3) is 4.90. The zero-order chi connectivity index (χ0) is 15.1. The van der Waals surface area contributed by atoms with Gasteiger partial charge in [-0.15, -0.1) is 11.8 Å². The standard InChI is InChI=1S/C19H25NS/c1-3-15(2)21-19(17-12-8-5-9-13-17)18(20)14-16-10-6-4-7-11-16/h4-13,15,18-19H,3,14,20H2,1-2H3. The first-order chi connectivity index (χ1) is 10.2. The van der Waals surface area contributed by atoms with E-state index in [1.807, 2.05) is 11.8 Å². The molecule has 2 aromatic rings. The lowest BCUT2D eigenvalue weighted by Gasteiger charge is -2.26. The van der Waals surface area contributed by atoms with Crippen molar-refractivity contribution < 1.29 is 0 Å². The van der Waals surface area contributed by atoms with Gasteiger partial charge in [-0.3, -0.25) is 0 Å². The van der Waals surface area contributed by atoms with Gasteiger partial charge in [0.1, 0.15) is 0 Å². The van der Waals surface area contributed by atoms with E-state index >= 15 is 0 Å². The lowest BCUT2D eigenvalue weighted by atomic mass is 9.99. The number of hydrogen-bond donors (Lipinski definition) is 1. The molecule has 0 aromatic heterocycles. The Balaban J connectivity index is 2.14. The molecule has 2 rings (SSSR count). The maximum atomic E-state index is 6.56. The fraction of sp³-hybridized carbons (Fsp3) is 0.368. The van der Waals surface area contributed by atoms with Gasteiger partial charge in [0.05, 0.1) is 0 Å². The molecule has 0 amide bonds. The number of benzene rings is 2. The topological polar surface area (TPSA) is 26.0 Å². The summed E-state index contributed by atoms with van der Waals surface area (Å²) in [6.45, 7) is 4.53. The summed E-state index contributed by atoms with van der Waals surface area (Å²) in [7, 11) is 0. The number of hydrogen-bond acceptors (Lipinski definition) is 2. The van der Waals surface area contributed by atoms with Gasteiger partial charge in [0.15, 0.2) is 0 Å². The van der Waals surface area contributed by atoms with Crippen LogP contribution >= 0.6 is 11.8 Å². The molecule has 0 fully saturated rings. The summed E-state index contributed by atoms with van der Waals surface area (Å²) in [5, 5.41) is 0.971. The SMILES string of the molecule is CCC(C)SC(c1ccccc1)C(N)Cc1ccccc1. The Kier molecular flexibility index (Phi) is 6.34. The van der Waals surface area contributed by atoms with Crippen LogP contribution in [0.5, 0.6) is 0 Å². The van der Waals surface area contributed by atoms with Gasteiger partial charge in [0.2, 0.25) is 0 Å². The summed E-state index contributed by atoms with van der Waals surface area (Å²) < 4.78 is 0. The molecule has 2 N–H and O–H groups in total. The summed E-state index contributed by atoms with van der Waals surface area (Å²) >= 11 is 2.00. The third-order valence-corrected chi connectivity index (χ3v) is 5.50. The van der Waals surface area contributed by atoms with Gasteiger partial charge in [-0.05, 0) is 24.0 Å². The van der Waals surface area contributed by atoms with Gasteiger partial charge in [-0.1, -0.05) is 74.5 Å². The summed E-state index contributed by atoms with van der Waals surface area (Å²) in [5.74, 6) is 0. The van der Waals surface area contributed by atoms with E-state index in [1.165, 1.54) is 17.5 Å². The van der Waals surface area contributed by atoms with Crippen LogP contribution in [0.4, 0.5) is 0 Å². The predicted molar refractivity (Wildman–Crippen MR) is 94.6 cm³/mol. The summed E-state index contributed by atoms with van der Waals surface area (Å²) in [6.07, 6.45) is 2.09. The van der Waals surface area contributed by atoms with Crippen LogP contribution in [0.3, 0.4) is 0 Å². The Morgan fingerprint density at radius 1 is 0.952 bits per heavy atom. The third-order valence-electron chi connectivity index (χ3n) is 3.79. The van der Waals surface area contributed by atoms with Crippen molar-refractivity contribution >= 4 is 11.8 Å². The molecule has 3 unspecified atom stereocenters. The first-order valence-corrected chi connectivity index (χ1v) is 8.65. The molecule has 112 valence electrons. The Hall–Kier alpha value is -1.25. The Labute approximate surface area is 133 Å². The van der Waals surface area contributed by atoms with Crippen LogP contribution in [0.1, 0.15) is 36.6 Å². The molecule has 0 aliphatic rings. The molecule has 1 nitrogen and oxygen atoms in total. The van der Waals surface area contributed by atoms with Gasteiger partial charge in [0, 0.05) is 16.5 Å². The van der Waals surface area contributed by atoms with E-state index in [0.717, 1.165) is 6.42 Å². The van der Waals surface area contributed by atoms with Crippen LogP contribution < -0.4 is 5.73 Å². The molecule has 0 radical (unpaired) electrons. The van der Waals surface area contributed by atoms with Crippen molar-refractivity contribution in [3.8, 4) is 0 Å². The van der Waals surface area contributed by atoms with Gasteiger partial charge < -0.3 is 5.73 Å². The second kappa shape index (κ2) is 8.26. The van der Waals surface area contributed by atoms with Crippen molar-refractivity contribution in [3.63, 3.8) is 0 Å². The molecule has 3 atom stereocenters. The summed E-state index contributed by atoms with van der Waals surface area (Å²) in [5.41, 5.74) is 9.22. The first kappa shape index (κ1) is 16.1. The second-order valence-electron chi connectivity index (χ2n) is 5.54. The van der Waals surface area contributed by atoms with Gasteiger partial charge in [-0.2, -0.15) is 0 Å². The predicted octanol–water partition coefficient (Wildman–Crippen LogP) is 4.83. The van der Waals surface area contributed by atoms with Crippen molar-refractivity contribution in [3.05, 3.63) is 71.8 Å². The van der Waals surface area contributed by atoms with Gasteiger partial charge in [0.25, 0.3) is 0 Å². The molecule has 0 saturated carbocycles. The summed E-state index contributed by atoms with van der Waals surface area (Å²) in [6, 6.07) is 21.4. The lowest BCUT2D eigenvalue weighted by Crippen LogP contribution is -2.30. The highest BCUT2D eigenvalue weighted by molar-refractivity contribution is 8.00. The maximum absolute atomic E-state index is 6.56. The lowest BCUT2D eigenvalue weighted by molar-refractivity contribution is 0.648. The van der Waals surface area contributed by atoms with E-state index in [9.17, 15) is 0 Å². The second-order valence-corrected chi connectivity index (χ2v) is 7.12. The molecular formula is C19H25NS. The normalized spacial score (nSPS) is 15.4. The van der Waals surface area contributed by atoms with E-state index in [1.54, 1.807) is 0 Å². The molecule has 0 aliphatic carbocycles. The number of thioether (sulfide) groups is 1. The molecule has 2 heteroatoms. The fourth-order valence-corrected chi connectivity index (χ4v) is 3.71. The van der Waals surface area contributed by atoms with Crippen LogP contribution in [-0.4, -0.2) is 11.3 Å². The minimum Gasteiger partial charge on any atom is -0.326 e. The van der Waals surface area contributed by atoms with Crippen LogP contribution in [-0.2, 0) is 6.42 Å². The molecule has 0 aliphatic heterocycles. The minimum absolute atomic E-state index is 0.133. The van der Waals surface area contributed by atoms with Crippen molar-refractivity contribution in [2.24, 2.45) is 5.73 Å². The molecule has 0 saturated heterocycles. The van der Waals surface area contributed by atoms with Crippen molar-refractivity contribution in [1.82, 2.24) is 0 Å². The van der Waals surface area contributed by atoms with E-state index < -0.39 is 0 Å². The highest BCUT2D eigenvalue weighted by Gasteiger charge is 2.22. The van der Waals surface area contributed by atoms with E-state index in [0.29, 0.717) is 10.5 Å². The summed E-state index contributed by atoms with van der Waals surface area (Å²) in [4.78, 5) is 0. The molecule has 2 aromatic carbocycles. The number of rotatable bonds is 7. The molecule has 0 bridgehead atoms. The number of nitrogens with two attached hydrogens (primary N) is 1. The molecule has 0 spiro atoms. The van der Waals surface area contributed by atoms with E-state index in [4.69, 9.17) is 5.73 Å². The van der Waals surface area contributed by atoms with Crippen LogP contribution in [0.15, 0.2) is 60.7 Å². The fourth-order valence-electron chi connectivity index (χ4n) is 2.41. The quantitative estimate of drug-likeness (QED) is 0.792. The molecular weight excluding hydrogens is 274 g/mol. The van der Waals surface area contributed by atoms with Crippen LogP contribution in [0.2, 0.25) is 0 Å². The zero-order valence-corrected chi connectivity index (χ0v) is 13.7. The van der Waals surface area contributed by atoms with Gasteiger partial charge in [-0.25, -0.2) is 0 Å². The largest absolute Gasteiger partial charge is 0.326 e. The Bertz CT molecular complexity index is 512. The van der Waals surface area contributed by atoms with Crippen molar-refractivity contribution in [2.45, 2.75) is 43.2 Å². The maximum Gasteiger partial charge on any atom is 0.0454 e. The zero-order valence-electron chi connectivity index (χ0n) is 12.9. The Morgan fingerprint density at radius 3 is 2.10 bits per heavy atom. The smallest absolute Gasteiger partial charge is 0.0454 e. The average Bonchev–Trinajstić information content (AvgIpc) is 2.54. The average molecular weight is 299 g/mol. The van der Waals surface area contributed by atoms with E-state index in [2.05, 4.69) is 74.5 Å². The van der Waals surface area contributed by atoms with Crippen molar-refractivity contribution in [2.75, 3.05) is 0 Å². The van der Waals surface area contributed by atoms with Crippen LogP contribution in [0.25, 0.3) is 0 Å².